The van der Waals surface area contributed by atoms with E-state index in [-0.39, 0.29) is 47.8 Å². The number of halogens is 1. The summed E-state index contributed by atoms with van der Waals surface area (Å²) in [5.41, 5.74) is 16.8. The van der Waals surface area contributed by atoms with Crippen molar-refractivity contribution in [3.8, 4) is 22.6 Å². The van der Waals surface area contributed by atoms with Gasteiger partial charge in [0.25, 0.3) is 0 Å². The van der Waals surface area contributed by atoms with Crippen LogP contribution in [0.15, 0.2) is 84.9 Å². The van der Waals surface area contributed by atoms with Crippen molar-refractivity contribution in [1.82, 2.24) is 5.32 Å². The molecule has 0 unspecified atom stereocenters. The molecule has 4 N–H and O–H groups in total. The Morgan fingerprint density at radius 2 is 1.32 bits per heavy atom. The van der Waals surface area contributed by atoms with Crippen LogP contribution in [-0.2, 0) is 47.4 Å². The van der Waals surface area contributed by atoms with Crippen molar-refractivity contribution >= 4 is 17.7 Å². The van der Waals surface area contributed by atoms with Gasteiger partial charge < -0.3 is 44.6 Å². The number of alkyl halides is 1. The number of amides is 1. The third-order valence-corrected chi connectivity index (χ3v) is 15.3. The maximum atomic E-state index is 13.3. The lowest BCUT2D eigenvalue weighted by Gasteiger charge is -2.49. The van der Waals surface area contributed by atoms with Crippen molar-refractivity contribution in [1.29, 1.82) is 0 Å². The maximum absolute atomic E-state index is 13.3. The van der Waals surface area contributed by atoms with E-state index < -0.39 is 0 Å². The summed E-state index contributed by atoms with van der Waals surface area (Å²) in [6.07, 6.45) is 13.7. The number of nitrogens with one attached hydrogen (secondary N) is 1. The van der Waals surface area contributed by atoms with E-state index in [0.717, 1.165) is 37.9 Å². The second-order valence-corrected chi connectivity index (χ2v) is 19.5. The Kier molecular flexibility index (Phi) is 17.9. The fraction of sp³-hybridized carbons (Fsp3) is 0.545. The zero-order valence-electron chi connectivity index (χ0n) is 39.7. The fourth-order valence-corrected chi connectivity index (χ4v) is 11.8. The Bertz CT molecular complexity index is 2140. The number of phenolic OH excluding ortho intramolecular Hbond substituents is 1. The number of aromatic hydroxyl groups is 1. The minimum Gasteiger partial charge on any atom is -0.508 e. The molecule has 66 heavy (non-hydrogen) atoms. The number of carbonyl (C=O) groups is 1. The number of phenols is 1. The zero-order chi connectivity index (χ0) is 46.5. The van der Waals surface area contributed by atoms with Crippen LogP contribution in [0, 0.1) is 11.8 Å². The molecule has 5 aliphatic carbocycles. The van der Waals surface area contributed by atoms with Crippen molar-refractivity contribution < 1.29 is 38.3 Å². The first-order valence-electron chi connectivity index (χ1n) is 24.3. The van der Waals surface area contributed by atoms with E-state index in [4.69, 9.17) is 41.0 Å². The molecule has 0 saturated heterocycles. The summed E-state index contributed by atoms with van der Waals surface area (Å²) < 4.78 is 31.5. The smallest absolute Gasteiger partial charge is 0.407 e. The van der Waals surface area contributed by atoms with Gasteiger partial charge >= 0.3 is 6.09 Å². The van der Waals surface area contributed by atoms with Crippen molar-refractivity contribution in [2.24, 2.45) is 17.6 Å². The SMILES string of the molecule is COCCOCCl.COCCOCOc1ccc2c(c1)[C@@]1(C)CCCCC[C@@H](C2)[C@@H]1N.C[C@@]12CCCCC[C@@H](Cc3ccc(O)cc31)[C@@H]2NC(=O)OCC1c2ccccc2-c2ccccc21. The summed E-state index contributed by atoms with van der Waals surface area (Å²) in [5.74, 6) is 2.22. The predicted octanol–water partition coefficient (Wildman–Crippen LogP) is 10.9. The van der Waals surface area contributed by atoms with Gasteiger partial charge in [-0.1, -0.05) is 125 Å². The van der Waals surface area contributed by atoms with E-state index in [1.165, 1.54) is 89.5 Å². The standard InChI is InChI=1S/C31H33NO3.C20H31NO3.C4H9ClO2/c1-31-16-8-2-3-9-21(17-20-14-15-22(33)18-28(20)31)29(31)32-30(34)35-19-27-25-12-6-4-10-23(25)24-11-5-7-13-26(24)27;1-20-9-5-3-4-6-16(19(20)21)12-15-7-8-17(13-18(15)20)24-14-23-11-10-22-2;1-6-2-3-7-4-5/h4-7,10-15,18,21,27,29,33H,2-3,8-9,16-17,19H2,1H3,(H,32,34);7-8,13,16,19H,3-6,9-12,14,21H2,1-2H3;2-4H2,1H3/t21-,29-,31+;16-,19-,20+;/m00./s1. The summed E-state index contributed by atoms with van der Waals surface area (Å²) >= 11 is 5.16. The summed E-state index contributed by atoms with van der Waals surface area (Å²) in [6, 6.07) is 29.6. The maximum Gasteiger partial charge on any atom is 0.407 e. The largest absolute Gasteiger partial charge is 0.508 e. The normalized spacial score (nSPS) is 24.9. The van der Waals surface area contributed by atoms with Crippen LogP contribution >= 0.6 is 11.6 Å². The minimum atomic E-state index is -0.336. The molecule has 9 rings (SSSR count). The van der Waals surface area contributed by atoms with Gasteiger partial charge in [0, 0.05) is 43.1 Å². The molecular formula is C55H73ClN2O8. The number of alkyl carbamates (subject to hydrolysis) is 1. The zero-order valence-corrected chi connectivity index (χ0v) is 40.4. The highest BCUT2D eigenvalue weighted by Gasteiger charge is 2.47. The van der Waals surface area contributed by atoms with Crippen LogP contribution in [0.5, 0.6) is 11.5 Å². The summed E-state index contributed by atoms with van der Waals surface area (Å²) in [4.78, 5) is 13.3. The van der Waals surface area contributed by atoms with Crippen LogP contribution in [0.1, 0.15) is 117 Å². The molecule has 0 aliphatic heterocycles. The number of ether oxygens (including phenoxy) is 6. The molecule has 4 aromatic carbocycles. The number of fused-ring (bicyclic) bond motifs is 11. The number of benzene rings is 4. The third-order valence-electron chi connectivity index (χ3n) is 15.2. The quantitative estimate of drug-likeness (QED) is 0.0681. The van der Waals surface area contributed by atoms with Crippen LogP contribution < -0.4 is 15.8 Å². The van der Waals surface area contributed by atoms with Crippen LogP contribution in [-0.4, -0.2) is 83.4 Å². The van der Waals surface area contributed by atoms with E-state index in [1.54, 1.807) is 20.3 Å². The highest BCUT2D eigenvalue weighted by Crippen LogP contribution is 2.49. The molecule has 0 spiro atoms. The molecule has 0 radical (unpaired) electrons. The molecule has 6 atom stereocenters. The van der Waals surface area contributed by atoms with Crippen LogP contribution in [0.4, 0.5) is 4.79 Å². The van der Waals surface area contributed by atoms with E-state index in [2.05, 4.69) is 96.7 Å². The lowest BCUT2D eigenvalue weighted by atomic mass is 9.59. The lowest BCUT2D eigenvalue weighted by molar-refractivity contribution is -0.00859. The second kappa shape index (κ2) is 23.7. The Hall–Kier alpha value is -4.16. The highest BCUT2D eigenvalue weighted by atomic mass is 35.5. The van der Waals surface area contributed by atoms with Gasteiger partial charge in [0.2, 0.25) is 0 Å². The molecule has 10 nitrogen and oxygen atoms in total. The molecule has 4 bridgehead atoms. The molecule has 2 fully saturated rings. The van der Waals surface area contributed by atoms with E-state index in [0.29, 0.717) is 50.6 Å². The average Bonchev–Trinajstić information content (AvgIpc) is 3.64. The lowest BCUT2D eigenvalue weighted by Crippen LogP contribution is -2.57. The van der Waals surface area contributed by atoms with Gasteiger partial charge in [-0.05, 0) is 119 Å². The van der Waals surface area contributed by atoms with Crippen LogP contribution in [0.2, 0.25) is 0 Å². The van der Waals surface area contributed by atoms with Crippen LogP contribution in [0.3, 0.4) is 0 Å². The first-order chi connectivity index (χ1) is 32.1. The molecule has 1 amide bonds. The number of hydrogen-bond acceptors (Lipinski definition) is 9. The van der Waals surface area contributed by atoms with Gasteiger partial charge in [-0.3, -0.25) is 0 Å². The molecule has 5 aliphatic rings. The van der Waals surface area contributed by atoms with Crippen molar-refractivity contribution in [3.63, 3.8) is 0 Å². The monoisotopic (exact) mass is 925 g/mol. The Morgan fingerprint density at radius 1 is 0.727 bits per heavy atom. The van der Waals surface area contributed by atoms with Gasteiger partial charge in [0.15, 0.2) is 6.79 Å². The van der Waals surface area contributed by atoms with Gasteiger partial charge in [-0.25, -0.2) is 4.79 Å². The fourth-order valence-electron chi connectivity index (χ4n) is 11.7. The first kappa shape index (κ1) is 49.7. The number of hydrogen-bond donors (Lipinski definition) is 3. The predicted molar refractivity (Wildman–Crippen MR) is 262 cm³/mol. The molecule has 0 heterocycles. The van der Waals surface area contributed by atoms with Crippen molar-refractivity contribution in [2.45, 2.75) is 120 Å². The second-order valence-electron chi connectivity index (χ2n) is 19.3. The Morgan fingerprint density at radius 3 is 1.98 bits per heavy atom. The van der Waals surface area contributed by atoms with Crippen molar-refractivity contribution in [3.05, 3.63) is 118 Å². The van der Waals surface area contributed by atoms with Gasteiger partial charge in [0.05, 0.1) is 26.4 Å². The Labute approximate surface area is 398 Å². The average molecular weight is 926 g/mol. The minimum absolute atomic E-state index is 0.00671. The number of nitrogens with two attached hydrogens (primary N) is 1. The van der Waals surface area contributed by atoms with Gasteiger partial charge in [0.1, 0.15) is 24.2 Å². The highest BCUT2D eigenvalue weighted by molar-refractivity contribution is 6.17. The van der Waals surface area contributed by atoms with Gasteiger partial charge in [-0.15, -0.1) is 0 Å². The number of rotatable bonds is 13. The third kappa shape index (κ3) is 11.6. The summed E-state index contributed by atoms with van der Waals surface area (Å²) in [6.45, 7) is 7.53. The van der Waals surface area contributed by atoms with E-state index in [1.807, 2.05) is 6.07 Å². The Balaban J connectivity index is 0.000000181. The topological polar surface area (TPSA) is 131 Å². The van der Waals surface area contributed by atoms with Crippen molar-refractivity contribution in [2.75, 3.05) is 60.1 Å². The molecular weight excluding hydrogens is 852 g/mol. The first-order valence-corrected chi connectivity index (χ1v) is 24.8. The van der Waals surface area contributed by atoms with Crippen LogP contribution in [0.25, 0.3) is 11.1 Å². The molecule has 0 aromatic heterocycles. The van der Waals surface area contributed by atoms with E-state index in [9.17, 15) is 9.90 Å². The number of methoxy groups -OCH3 is 2. The molecule has 11 heteroatoms. The molecule has 4 aromatic rings. The van der Waals surface area contributed by atoms with E-state index >= 15 is 0 Å². The van der Waals surface area contributed by atoms with Gasteiger partial charge in [-0.2, -0.15) is 0 Å². The number of carbonyl (C=O) groups excluding carboxylic acids is 1. The summed E-state index contributed by atoms with van der Waals surface area (Å²) in [5, 5.41) is 13.6. The molecule has 358 valence electrons. The summed E-state index contributed by atoms with van der Waals surface area (Å²) in [7, 11) is 3.29. The molecule has 2 saturated carbocycles.